The van der Waals surface area contributed by atoms with E-state index in [4.69, 9.17) is 0 Å². The molecule has 0 aliphatic heterocycles. The van der Waals surface area contributed by atoms with Crippen LogP contribution in [0.25, 0.3) is 0 Å². The molecular formula is H2KNa2O2+. The van der Waals surface area contributed by atoms with Gasteiger partial charge in [0.05, 0.1) is 0 Å². The van der Waals surface area contributed by atoms with Crippen LogP contribution in [0.3, 0.4) is 0 Å². The Morgan fingerprint density at radius 3 is 0.600 bits per heavy atom. The molecule has 0 saturated carbocycles. The van der Waals surface area contributed by atoms with Crippen LogP contribution >= 0.6 is 0 Å². The molecule has 0 aliphatic carbocycles. The number of hydrogen-bond acceptors (Lipinski definition) is 2. The largest absolute Gasteiger partial charge is 1.00 e. The molecule has 0 spiro atoms. The third kappa shape index (κ3) is 18.4. The standard InChI is InChI=1S/K.2Na.2H2O/h;;;2*1H2/q3*+1;;/p-2. The molecule has 0 unspecified atom stereocenters. The predicted octanol–water partition coefficient (Wildman–Crippen LogP) is -9.34. The van der Waals surface area contributed by atoms with Crippen LogP contribution in [0.15, 0.2) is 0 Å². The summed E-state index contributed by atoms with van der Waals surface area (Å²) >= 11 is 0. The van der Waals surface area contributed by atoms with Crippen LogP contribution < -0.4 is 110 Å². The van der Waals surface area contributed by atoms with Gasteiger partial charge in [-0.15, -0.1) is 0 Å². The van der Waals surface area contributed by atoms with Crippen LogP contribution in [0, 0.1) is 0 Å². The third-order valence-electron chi connectivity index (χ3n) is 0. The van der Waals surface area contributed by atoms with Gasteiger partial charge in [0.15, 0.2) is 0 Å². The summed E-state index contributed by atoms with van der Waals surface area (Å²) in [6, 6.07) is 0. The summed E-state index contributed by atoms with van der Waals surface area (Å²) in [5, 5.41) is 0. The Balaban J connectivity index is 0. The van der Waals surface area contributed by atoms with Crippen LogP contribution in [-0.4, -0.2) is 11.0 Å². The summed E-state index contributed by atoms with van der Waals surface area (Å²) < 4.78 is 0. The molecule has 0 radical (unpaired) electrons. The van der Waals surface area contributed by atoms with Crippen molar-refractivity contribution in [2.45, 2.75) is 0 Å². The molecule has 5 heteroatoms. The second-order valence-electron chi connectivity index (χ2n) is 0. The first-order valence-corrected chi connectivity index (χ1v) is 0. The van der Waals surface area contributed by atoms with Gasteiger partial charge in [0, 0.05) is 0 Å². The Morgan fingerprint density at radius 2 is 0.600 bits per heavy atom. The van der Waals surface area contributed by atoms with E-state index in [1.165, 1.54) is 0 Å². The SMILES string of the molecule is [K+].[Na+].[Na+].[OH-].[OH-]. The summed E-state index contributed by atoms with van der Waals surface area (Å²) in [5.74, 6) is 0. The van der Waals surface area contributed by atoms with Crippen molar-refractivity contribution in [3.63, 3.8) is 0 Å². The topological polar surface area (TPSA) is 60.0 Å². The van der Waals surface area contributed by atoms with Crippen LogP contribution in [0.5, 0.6) is 0 Å². The normalized spacial score (nSPS) is 0. The van der Waals surface area contributed by atoms with E-state index in [9.17, 15) is 0 Å². The molecule has 0 amide bonds. The minimum Gasteiger partial charge on any atom is -0.870 e. The number of rotatable bonds is 0. The average Bonchev–Trinajstić information content (AvgIpc) is 0. The molecule has 0 rings (SSSR count). The molecule has 0 saturated heterocycles. The summed E-state index contributed by atoms with van der Waals surface area (Å²) in [4.78, 5) is 0. The first-order valence-electron chi connectivity index (χ1n) is 0. The second-order valence-corrected chi connectivity index (χ2v) is 0. The van der Waals surface area contributed by atoms with Crippen molar-refractivity contribution in [3.05, 3.63) is 0 Å². The second kappa shape index (κ2) is 25.7. The van der Waals surface area contributed by atoms with Gasteiger partial charge in [-0.1, -0.05) is 0 Å². The molecule has 0 bridgehead atoms. The maximum Gasteiger partial charge on any atom is 1.00 e. The summed E-state index contributed by atoms with van der Waals surface area (Å²) in [7, 11) is 0. The van der Waals surface area contributed by atoms with Gasteiger partial charge in [0.1, 0.15) is 0 Å². The van der Waals surface area contributed by atoms with Crippen LogP contribution in [0.1, 0.15) is 0 Å². The smallest absolute Gasteiger partial charge is 0.870 e. The molecule has 0 heterocycles. The van der Waals surface area contributed by atoms with E-state index in [2.05, 4.69) is 0 Å². The zero-order valence-corrected chi connectivity index (χ0v) is 11.0. The van der Waals surface area contributed by atoms with Crippen molar-refractivity contribution < 1.29 is 121 Å². The molecule has 0 atom stereocenters. The summed E-state index contributed by atoms with van der Waals surface area (Å²) in [5.41, 5.74) is 0. The molecule has 2 nitrogen and oxygen atoms in total. The van der Waals surface area contributed by atoms with Gasteiger partial charge in [-0.25, -0.2) is 0 Å². The van der Waals surface area contributed by atoms with Gasteiger partial charge in [0.25, 0.3) is 0 Å². The summed E-state index contributed by atoms with van der Waals surface area (Å²) in [6.45, 7) is 0. The summed E-state index contributed by atoms with van der Waals surface area (Å²) in [6.07, 6.45) is 0. The predicted molar refractivity (Wildman–Crippen MR) is 3.87 cm³/mol. The maximum absolute atomic E-state index is 0. The van der Waals surface area contributed by atoms with Gasteiger partial charge in [-0.2, -0.15) is 0 Å². The van der Waals surface area contributed by atoms with E-state index in [0.717, 1.165) is 0 Å². The van der Waals surface area contributed by atoms with E-state index < -0.39 is 0 Å². The van der Waals surface area contributed by atoms with Crippen molar-refractivity contribution in [2.75, 3.05) is 0 Å². The molecule has 0 aliphatic rings. The molecule has 0 aromatic carbocycles. The first kappa shape index (κ1) is 38.6. The minimum absolute atomic E-state index is 0. The maximum atomic E-state index is 0. The van der Waals surface area contributed by atoms with Crippen molar-refractivity contribution in [3.8, 4) is 0 Å². The van der Waals surface area contributed by atoms with E-state index in [1.807, 2.05) is 0 Å². The molecule has 0 fully saturated rings. The first-order chi connectivity index (χ1) is 0. The van der Waals surface area contributed by atoms with Gasteiger partial charge >= 0.3 is 110 Å². The van der Waals surface area contributed by atoms with E-state index in [1.54, 1.807) is 0 Å². The van der Waals surface area contributed by atoms with Crippen LogP contribution in [0.4, 0.5) is 0 Å². The molecule has 2 N–H and O–H groups in total. The van der Waals surface area contributed by atoms with Crippen molar-refractivity contribution >= 4 is 0 Å². The van der Waals surface area contributed by atoms with Crippen molar-refractivity contribution in [1.29, 1.82) is 0 Å². The average molecular weight is 119 g/mol. The van der Waals surface area contributed by atoms with E-state index in [0.29, 0.717) is 0 Å². The fourth-order valence-electron chi connectivity index (χ4n) is 0. The Kier molecular flexibility index (Phi) is 198. The number of hydrogen-bond donors (Lipinski definition) is 0. The molecule has 0 aromatic rings. The van der Waals surface area contributed by atoms with Gasteiger partial charge in [0.2, 0.25) is 0 Å². The van der Waals surface area contributed by atoms with Gasteiger partial charge in [-0.05, 0) is 0 Å². The van der Waals surface area contributed by atoms with E-state index >= 15 is 0 Å². The third-order valence-corrected chi connectivity index (χ3v) is 0. The van der Waals surface area contributed by atoms with Gasteiger partial charge in [-0.3, -0.25) is 0 Å². The molecule has 0 aromatic heterocycles. The monoisotopic (exact) mass is 119 g/mol. The zero-order valence-electron chi connectivity index (χ0n) is 3.89. The zero-order chi connectivity index (χ0) is 0. The van der Waals surface area contributed by atoms with Gasteiger partial charge < -0.3 is 11.0 Å². The van der Waals surface area contributed by atoms with E-state index in [-0.39, 0.29) is 121 Å². The quantitative estimate of drug-likeness (QED) is 0.297. The molecule has 5 heavy (non-hydrogen) atoms. The van der Waals surface area contributed by atoms with Crippen molar-refractivity contribution in [2.24, 2.45) is 0 Å². The fourth-order valence-corrected chi connectivity index (χ4v) is 0. The van der Waals surface area contributed by atoms with Crippen molar-refractivity contribution in [1.82, 2.24) is 0 Å². The molecular weight excluding hydrogens is 117 g/mol. The Bertz CT molecular complexity index is 7.61. The minimum atomic E-state index is 0. The Hall–Kier alpha value is 3.56. The van der Waals surface area contributed by atoms with Crippen LogP contribution in [0.2, 0.25) is 0 Å². The Morgan fingerprint density at radius 1 is 0.600 bits per heavy atom. The van der Waals surface area contributed by atoms with Crippen LogP contribution in [-0.2, 0) is 0 Å². The molecule has 16 valence electrons. The Labute approximate surface area is 118 Å². The fraction of sp³-hybridized carbons (Fsp3) is 0.